The maximum absolute atomic E-state index is 13.8. The summed E-state index contributed by atoms with van der Waals surface area (Å²) in [5.41, 5.74) is 3.70. The normalized spacial score (nSPS) is 12.7. The number of nitrogens with zero attached hydrogens (tertiary/aromatic N) is 4. The molecule has 0 unspecified atom stereocenters. The number of rotatable bonds is 19. The molecule has 58 heavy (non-hydrogen) atoms. The molecule has 0 saturated heterocycles. The standard InChI is InChI=1S/C41H55ClN4O7S3Si2/c1-9-45(10-2)31-15-18-34-37(23-31)52-38-24-32(46(11-3)12-4)16-19-35(38)40(34)36-20-17-33(25-39(36)56(49,50)51)55(47,48)21-13-14-22-57(5,6)53-58(7,8)29-54-41-43-27-30(26-42)28-44-41/h15-20,23-25,27-28H,9-14,21-22,26,29H2,1-8H3/p+1. The van der Waals surface area contributed by atoms with Crippen molar-refractivity contribution in [3.63, 3.8) is 0 Å². The Morgan fingerprint density at radius 1 is 0.862 bits per heavy atom. The zero-order chi connectivity index (χ0) is 42.5. The molecule has 1 aliphatic heterocycles. The highest BCUT2D eigenvalue weighted by atomic mass is 35.5. The molecule has 2 aliphatic rings. The first kappa shape index (κ1) is 46.0. The van der Waals surface area contributed by atoms with Gasteiger partial charge in [-0.2, -0.15) is 8.42 Å². The minimum absolute atomic E-state index is 0.162. The van der Waals surface area contributed by atoms with Gasteiger partial charge in [-0.3, -0.25) is 4.55 Å². The van der Waals surface area contributed by atoms with Crippen molar-refractivity contribution in [1.29, 1.82) is 0 Å². The predicted molar refractivity (Wildman–Crippen MR) is 242 cm³/mol. The van der Waals surface area contributed by atoms with Crippen LogP contribution in [0.25, 0.3) is 33.4 Å². The molecule has 11 nitrogen and oxygen atoms in total. The number of anilines is 1. The van der Waals surface area contributed by atoms with Gasteiger partial charge in [0.15, 0.2) is 31.6 Å². The van der Waals surface area contributed by atoms with Crippen LogP contribution in [-0.2, 0) is 30.0 Å². The van der Waals surface area contributed by atoms with Crippen LogP contribution in [0.15, 0.2) is 86.4 Å². The van der Waals surface area contributed by atoms with E-state index in [4.69, 9.17) is 20.1 Å². The number of fused-ring (bicyclic) bond motifs is 2. The van der Waals surface area contributed by atoms with Gasteiger partial charge in [0.1, 0.15) is 29.3 Å². The molecule has 0 amide bonds. The summed E-state index contributed by atoms with van der Waals surface area (Å²) in [6, 6.07) is 16.4. The predicted octanol–water partition coefficient (Wildman–Crippen LogP) is 8.95. The molecule has 3 aromatic rings. The number of halogens is 1. The highest BCUT2D eigenvalue weighted by Crippen LogP contribution is 2.43. The van der Waals surface area contributed by atoms with Crippen LogP contribution in [-0.4, -0.2) is 85.3 Å². The lowest BCUT2D eigenvalue weighted by Gasteiger charge is -2.33. The Morgan fingerprint density at radius 3 is 2.16 bits per heavy atom. The summed E-state index contributed by atoms with van der Waals surface area (Å²) >= 11 is 7.43. The smallest absolute Gasteiger partial charge is 0.295 e. The Morgan fingerprint density at radius 2 is 1.53 bits per heavy atom. The third-order valence-corrected chi connectivity index (χ3v) is 23.0. The average molecular weight is 905 g/mol. The first-order chi connectivity index (χ1) is 27.3. The molecule has 1 aliphatic carbocycles. The third-order valence-electron chi connectivity index (χ3n) is 10.2. The number of hydrogen-bond acceptors (Lipinski definition) is 10. The molecule has 1 N–H and O–H groups in total. The van der Waals surface area contributed by atoms with Crippen LogP contribution >= 0.6 is 23.4 Å². The lowest BCUT2D eigenvalue weighted by atomic mass is 9.93. The van der Waals surface area contributed by atoms with Crippen molar-refractivity contribution in [2.45, 2.75) is 93.6 Å². The van der Waals surface area contributed by atoms with E-state index in [0.717, 1.165) is 60.3 Å². The zero-order valence-corrected chi connectivity index (χ0v) is 39.9. The zero-order valence-electron chi connectivity index (χ0n) is 34.7. The molecule has 314 valence electrons. The molecule has 2 heterocycles. The van der Waals surface area contributed by atoms with E-state index in [1.165, 1.54) is 12.1 Å². The topological polar surface area (TPSA) is 143 Å². The summed E-state index contributed by atoms with van der Waals surface area (Å²) in [5, 5.41) is 3.04. The Balaban J connectivity index is 1.42. The Kier molecular flexibility index (Phi) is 15.1. The van der Waals surface area contributed by atoms with Crippen LogP contribution in [0.4, 0.5) is 5.69 Å². The van der Waals surface area contributed by atoms with E-state index < -0.39 is 41.5 Å². The van der Waals surface area contributed by atoms with Gasteiger partial charge in [0.25, 0.3) is 10.1 Å². The van der Waals surface area contributed by atoms with Crippen LogP contribution in [0, 0.1) is 0 Å². The van der Waals surface area contributed by atoms with Gasteiger partial charge in [0.05, 0.1) is 22.6 Å². The summed E-state index contributed by atoms with van der Waals surface area (Å²) in [6.07, 6.45) is 4.48. The summed E-state index contributed by atoms with van der Waals surface area (Å²) in [5.74, 6) is 0.727. The highest BCUT2D eigenvalue weighted by molar-refractivity contribution is 8.00. The monoisotopic (exact) mass is 903 g/mol. The van der Waals surface area contributed by atoms with Gasteiger partial charge in [0.2, 0.25) is 5.36 Å². The number of thioether (sulfide) groups is 1. The second-order valence-electron chi connectivity index (χ2n) is 15.5. The van der Waals surface area contributed by atoms with Crippen molar-refractivity contribution >= 4 is 76.6 Å². The number of sulfone groups is 1. The molecule has 17 heteroatoms. The van der Waals surface area contributed by atoms with Crippen molar-refractivity contribution in [2.24, 2.45) is 0 Å². The van der Waals surface area contributed by atoms with E-state index in [9.17, 15) is 21.4 Å². The molecule has 0 bridgehead atoms. The Bertz CT molecular complexity index is 2490. The summed E-state index contributed by atoms with van der Waals surface area (Å²) < 4.78 is 80.0. The van der Waals surface area contributed by atoms with Crippen LogP contribution in [0.1, 0.15) is 46.1 Å². The SMILES string of the molecule is CCN(CC)c1ccc2c(-c3ccc(S(=O)(=O)CCCC[Si](C)(C)O[Si](C)(C)CSc4ncc(CCl)cn4)cc3S(=O)(=O)O)c3ccc(=[N+](CC)CC)cc-3oc2c1. The molecule has 5 rings (SSSR count). The van der Waals surface area contributed by atoms with E-state index in [2.05, 4.69) is 73.3 Å². The molecule has 0 spiro atoms. The van der Waals surface area contributed by atoms with Crippen LogP contribution in [0.3, 0.4) is 0 Å². The number of benzene rings is 3. The first-order valence-corrected chi connectivity index (χ1v) is 30.6. The highest BCUT2D eigenvalue weighted by Gasteiger charge is 2.33. The molecular weight excluding hydrogens is 848 g/mol. The van der Waals surface area contributed by atoms with Crippen molar-refractivity contribution in [1.82, 2.24) is 14.5 Å². The Hall–Kier alpha value is -3.10. The fourth-order valence-electron chi connectivity index (χ4n) is 7.36. The first-order valence-electron chi connectivity index (χ1n) is 19.7. The van der Waals surface area contributed by atoms with Crippen molar-refractivity contribution < 1.29 is 29.9 Å². The van der Waals surface area contributed by atoms with Crippen molar-refractivity contribution in [2.75, 3.05) is 42.2 Å². The second-order valence-corrected chi connectivity index (χ2v) is 29.4. The van der Waals surface area contributed by atoms with Crippen LogP contribution < -0.4 is 14.8 Å². The Labute approximate surface area is 355 Å². The van der Waals surface area contributed by atoms with Gasteiger partial charge in [-0.05, 0) is 96.7 Å². The van der Waals surface area contributed by atoms with E-state index in [1.807, 2.05) is 36.4 Å². The average Bonchev–Trinajstić information content (AvgIpc) is 3.18. The third kappa shape index (κ3) is 11.2. The number of alkyl halides is 1. The largest absolute Gasteiger partial charge is 0.456 e. The maximum atomic E-state index is 13.8. The summed E-state index contributed by atoms with van der Waals surface area (Å²) in [7, 11) is -13.0. The van der Waals surface area contributed by atoms with Gasteiger partial charge in [-0.15, -0.1) is 11.6 Å². The molecule has 0 saturated carbocycles. The van der Waals surface area contributed by atoms with E-state index >= 15 is 0 Å². The second kappa shape index (κ2) is 19.1. The van der Waals surface area contributed by atoms with Gasteiger partial charge >= 0.3 is 0 Å². The fraction of sp³-hybridized carbons (Fsp3) is 0.439. The number of unbranched alkanes of at least 4 members (excludes halogenated alkanes) is 1. The van der Waals surface area contributed by atoms with Gasteiger partial charge < -0.3 is 13.4 Å². The molecule has 0 radical (unpaired) electrons. The number of hydrogen-bond donors (Lipinski definition) is 1. The molecule has 0 atom stereocenters. The minimum atomic E-state index is -4.88. The lowest BCUT2D eigenvalue weighted by molar-refractivity contribution is 0.483. The van der Waals surface area contributed by atoms with Crippen molar-refractivity contribution in [3.8, 4) is 22.5 Å². The van der Waals surface area contributed by atoms with Crippen molar-refractivity contribution in [3.05, 3.63) is 77.9 Å². The van der Waals surface area contributed by atoms with E-state index in [1.54, 1.807) is 24.2 Å². The van der Waals surface area contributed by atoms with Crippen LogP contribution in [0.5, 0.6) is 0 Å². The maximum Gasteiger partial charge on any atom is 0.295 e. The summed E-state index contributed by atoms with van der Waals surface area (Å²) in [4.78, 5) is 10.3. The molecule has 1 aromatic heterocycles. The number of aromatic nitrogens is 2. The van der Waals surface area contributed by atoms with Gasteiger partial charge in [-0.25, -0.2) is 23.0 Å². The van der Waals surface area contributed by atoms with Gasteiger partial charge in [0, 0.05) is 76.3 Å². The lowest BCUT2D eigenvalue weighted by Crippen LogP contribution is -2.46. The fourth-order valence-corrected chi connectivity index (χ4v) is 20.1. The van der Waals surface area contributed by atoms with Crippen LogP contribution in [0.2, 0.25) is 32.2 Å². The molecule has 2 aromatic carbocycles. The molecular formula is C41H56ClN4O7S3Si2+. The quantitative estimate of drug-likeness (QED) is 0.0124. The van der Waals surface area contributed by atoms with E-state index in [-0.39, 0.29) is 16.2 Å². The van der Waals surface area contributed by atoms with Gasteiger partial charge in [-0.1, -0.05) is 24.2 Å². The minimum Gasteiger partial charge on any atom is -0.456 e. The summed E-state index contributed by atoms with van der Waals surface area (Å²) in [6.45, 7) is 20.1. The molecule has 0 fully saturated rings. The van der Waals surface area contributed by atoms with E-state index in [0.29, 0.717) is 51.7 Å².